The van der Waals surface area contributed by atoms with E-state index in [0.29, 0.717) is 6.42 Å². The highest BCUT2D eigenvalue weighted by atomic mass is 16.9. The highest BCUT2D eigenvalue weighted by Crippen LogP contribution is 2.47. The van der Waals surface area contributed by atoms with Gasteiger partial charge in [-0.3, -0.25) is 0 Å². The molecule has 1 unspecified atom stereocenters. The lowest BCUT2D eigenvalue weighted by Crippen LogP contribution is -2.57. The van der Waals surface area contributed by atoms with Crippen LogP contribution in [0, 0.1) is 10.1 Å². The molecule has 0 spiro atoms. The zero-order chi connectivity index (χ0) is 19.9. The Balaban J connectivity index is 1.89. The molecule has 0 radical (unpaired) electrons. The van der Waals surface area contributed by atoms with E-state index in [1.807, 2.05) is 0 Å². The number of nitrogens with zero attached hydrogens (tertiary/aromatic N) is 1. The summed E-state index contributed by atoms with van der Waals surface area (Å²) in [5.74, 6) is 0. The second-order valence-electron chi connectivity index (χ2n) is 7.70. The Hall–Kier alpha value is -1.00. The van der Waals surface area contributed by atoms with Crippen molar-refractivity contribution in [3.05, 3.63) is 10.1 Å². The first kappa shape index (κ1) is 22.3. The fourth-order valence-corrected chi connectivity index (χ4v) is 4.20. The SMILES string of the molecule is CCCCCCCC[C@]12OC[C@@](O)(C(O)CCCO[N+](=O)[O-])[C@H]1OC[C@@H]2O. The summed E-state index contributed by atoms with van der Waals surface area (Å²) in [6, 6.07) is 0. The van der Waals surface area contributed by atoms with Gasteiger partial charge in [0.2, 0.25) is 0 Å². The third-order valence-corrected chi connectivity index (χ3v) is 5.77. The standard InChI is InChI=1S/C18H33NO8/c1-2-3-4-5-6-7-10-18-15(21)12-25-16(18)17(22,13-26-18)14(20)9-8-11-27-19(23)24/h14-16,20-22H,2-13H2,1H3/t14?,15-,16+,17+,18+/m0/s1. The van der Waals surface area contributed by atoms with Crippen LogP contribution < -0.4 is 0 Å². The Morgan fingerprint density at radius 3 is 2.67 bits per heavy atom. The molecule has 0 aromatic heterocycles. The minimum Gasteiger partial charge on any atom is -0.390 e. The molecular formula is C18H33NO8. The van der Waals surface area contributed by atoms with Gasteiger partial charge in [-0.1, -0.05) is 45.4 Å². The van der Waals surface area contributed by atoms with Crippen molar-refractivity contribution < 1.29 is 34.7 Å². The van der Waals surface area contributed by atoms with Crippen molar-refractivity contribution in [1.82, 2.24) is 0 Å². The average Bonchev–Trinajstić information content (AvgIpc) is 3.11. The van der Waals surface area contributed by atoms with Crippen LogP contribution in [0.4, 0.5) is 0 Å². The summed E-state index contributed by atoms with van der Waals surface area (Å²) in [5, 5.41) is 41.2. The van der Waals surface area contributed by atoms with Crippen LogP contribution in [0.3, 0.4) is 0 Å². The largest absolute Gasteiger partial charge is 0.390 e. The number of fused-ring (bicyclic) bond motifs is 1. The van der Waals surface area contributed by atoms with Crippen LogP contribution in [0.2, 0.25) is 0 Å². The number of rotatable bonds is 13. The van der Waals surface area contributed by atoms with Gasteiger partial charge in [0, 0.05) is 0 Å². The van der Waals surface area contributed by atoms with Crippen molar-refractivity contribution in [2.75, 3.05) is 19.8 Å². The van der Waals surface area contributed by atoms with Crippen LogP contribution >= 0.6 is 0 Å². The molecule has 2 aliphatic rings. The Bertz CT molecular complexity index is 478. The molecule has 158 valence electrons. The summed E-state index contributed by atoms with van der Waals surface area (Å²) >= 11 is 0. The van der Waals surface area contributed by atoms with Gasteiger partial charge in [-0.15, -0.1) is 10.1 Å². The third kappa shape index (κ3) is 5.08. The average molecular weight is 391 g/mol. The lowest BCUT2D eigenvalue weighted by molar-refractivity contribution is -0.757. The van der Waals surface area contributed by atoms with Gasteiger partial charge in [0.25, 0.3) is 5.09 Å². The first-order valence-corrected chi connectivity index (χ1v) is 9.98. The van der Waals surface area contributed by atoms with E-state index in [-0.39, 0.29) is 32.7 Å². The van der Waals surface area contributed by atoms with Crippen LogP contribution in [0.1, 0.15) is 64.7 Å². The van der Waals surface area contributed by atoms with Gasteiger partial charge in [-0.05, 0) is 19.3 Å². The summed E-state index contributed by atoms with van der Waals surface area (Å²) in [4.78, 5) is 14.4. The van der Waals surface area contributed by atoms with E-state index < -0.39 is 34.6 Å². The van der Waals surface area contributed by atoms with E-state index in [1.54, 1.807) is 0 Å². The molecule has 0 aromatic carbocycles. The summed E-state index contributed by atoms with van der Waals surface area (Å²) in [6.07, 6.45) is 4.59. The van der Waals surface area contributed by atoms with Gasteiger partial charge < -0.3 is 29.6 Å². The van der Waals surface area contributed by atoms with Crippen molar-refractivity contribution in [3.63, 3.8) is 0 Å². The molecule has 5 atom stereocenters. The van der Waals surface area contributed by atoms with Gasteiger partial charge in [0.05, 0.1) is 25.9 Å². The zero-order valence-corrected chi connectivity index (χ0v) is 16.0. The Labute approximate surface area is 159 Å². The predicted octanol–water partition coefficient (Wildman–Crippen LogP) is 1.35. The lowest BCUT2D eigenvalue weighted by Gasteiger charge is -2.35. The maximum Gasteiger partial charge on any atom is 0.294 e. The molecule has 0 amide bonds. The molecule has 2 fully saturated rings. The topological polar surface area (TPSA) is 132 Å². The van der Waals surface area contributed by atoms with Gasteiger partial charge in [-0.25, -0.2) is 0 Å². The first-order chi connectivity index (χ1) is 12.9. The summed E-state index contributed by atoms with van der Waals surface area (Å²) < 4.78 is 11.5. The number of aliphatic hydroxyl groups is 3. The number of aliphatic hydroxyl groups excluding tert-OH is 2. The molecule has 3 N–H and O–H groups in total. The molecule has 2 rings (SSSR count). The van der Waals surface area contributed by atoms with Gasteiger partial charge in [0.1, 0.15) is 23.4 Å². The summed E-state index contributed by atoms with van der Waals surface area (Å²) in [7, 11) is 0. The van der Waals surface area contributed by atoms with Crippen molar-refractivity contribution in [2.24, 2.45) is 0 Å². The zero-order valence-electron chi connectivity index (χ0n) is 16.0. The maximum absolute atomic E-state index is 11.0. The van der Waals surface area contributed by atoms with Gasteiger partial charge >= 0.3 is 0 Å². The smallest absolute Gasteiger partial charge is 0.294 e. The summed E-state index contributed by atoms with van der Waals surface area (Å²) in [5.41, 5.74) is -2.65. The fraction of sp³-hybridized carbons (Fsp3) is 1.00. The van der Waals surface area contributed by atoms with E-state index in [4.69, 9.17) is 9.47 Å². The van der Waals surface area contributed by atoms with E-state index in [2.05, 4.69) is 11.8 Å². The van der Waals surface area contributed by atoms with Crippen LogP contribution in [-0.4, -0.2) is 69.7 Å². The molecule has 0 aliphatic carbocycles. The minimum absolute atomic E-state index is 0.0555. The molecule has 2 saturated heterocycles. The second kappa shape index (κ2) is 9.97. The maximum atomic E-state index is 11.0. The molecule has 2 aliphatic heterocycles. The Morgan fingerprint density at radius 1 is 1.26 bits per heavy atom. The number of hydrogen-bond donors (Lipinski definition) is 3. The minimum atomic E-state index is -1.64. The van der Waals surface area contributed by atoms with Crippen LogP contribution in [0.25, 0.3) is 0 Å². The van der Waals surface area contributed by atoms with E-state index in [0.717, 1.165) is 19.3 Å². The number of unbranched alkanes of at least 4 members (excludes halogenated alkanes) is 5. The quantitative estimate of drug-likeness (QED) is 0.243. The number of ether oxygens (including phenoxy) is 2. The van der Waals surface area contributed by atoms with E-state index in [9.17, 15) is 25.4 Å². The lowest BCUT2D eigenvalue weighted by atomic mass is 9.78. The number of hydrogen-bond acceptors (Lipinski definition) is 8. The summed E-state index contributed by atoms with van der Waals surface area (Å²) in [6.45, 7) is 1.93. The van der Waals surface area contributed by atoms with Gasteiger partial charge in [-0.2, -0.15) is 0 Å². The molecule has 9 nitrogen and oxygen atoms in total. The van der Waals surface area contributed by atoms with E-state index in [1.165, 1.54) is 19.3 Å². The van der Waals surface area contributed by atoms with Gasteiger partial charge in [0.15, 0.2) is 0 Å². The van der Waals surface area contributed by atoms with E-state index >= 15 is 0 Å². The molecule has 2 heterocycles. The van der Waals surface area contributed by atoms with Crippen molar-refractivity contribution in [1.29, 1.82) is 0 Å². The van der Waals surface area contributed by atoms with Crippen LogP contribution in [0.15, 0.2) is 0 Å². The highest BCUT2D eigenvalue weighted by Gasteiger charge is 2.67. The monoisotopic (exact) mass is 391 g/mol. The molecule has 0 aromatic rings. The molecular weight excluding hydrogens is 358 g/mol. The molecule has 0 bridgehead atoms. The predicted molar refractivity (Wildman–Crippen MR) is 95.6 cm³/mol. The molecule has 0 saturated carbocycles. The highest BCUT2D eigenvalue weighted by molar-refractivity contribution is 5.15. The molecule has 27 heavy (non-hydrogen) atoms. The third-order valence-electron chi connectivity index (χ3n) is 5.77. The molecule has 9 heteroatoms. The van der Waals surface area contributed by atoms with Crippen molar-refractivity contribution in [3.8, 4) is 0 Å². The van der Waals surface area contributed by atoms with Crippen LogP contribution in [-0.2, 0) is 14.3 Å². The second-order valence-corrected chi connectivity index (χ2v) is 7.70. The fourth-order valence-electron chi connectivity index (χ4n) is 4.20. The Kier molecular flexibility index (Phi) is 8.23. The van der Waals surface area contributed by atoms with Crippen LogP contribution in [0.5, 0.6) is 0 Å². The Morgan fingerprint density at radius 2 is 1.96 bits per heavy atom. The normalized spacial score (nSPS) is 33.8. The van der Waals surface area contributed by atoms with Crippen molar-refractivity contribution >= 4 is 0 Å². The first-order valence-electron chi connectivity index (χ1n) is 9.98. The van der Waals surface area contributed by atoms with Crippen molar-refractivity contribution in [2.45, 2.75) is 94.2 Å².